The maximum atomic E-state index is 12.8. The van der Waals surface area contributed by atoms with E-state index >= 15 is 0 Å². The van der Waals surface area contributed by atoms with Gasteiger partial charge in [-0.05, 0) is 6.92 Å². The van der Waals surface area contributed by atoms with Crippen LogP contribution < -0.4 is 16.0 Å². The number of rotatable bonds is 24. The standard InChI is InChI=1S/C54H91N3O40/c1-12-26(66)34(74)38(78)50(85-12)83-11-22-44(31(71)23(47(82)86-22)55-13(2)63)93-48-24(56-14(3)64)32(72)42(19(8-61)90-48)94-52-40(80)36(76)29(69)21(92-52)10-84-54-46(37(77)28(68)17(6-59)89-54)97-49-25(57-15(4)65)33(73)43(20(9-62)91-49)95-53-41(81)45(30(70)18(7-60)88-53)96-51-39(79)35(75)27(67)16(5-58)87-51/h12,16-54,58-62,66-82H,5-11H2,1-4H3,(H,55,63)(H,56,64)(H,57,65)/t12-,16+,17+,18+,19+,20+,21+,22+,23+,24+,25+,26+,27-,28+,29+,30-,31+,32+,33+,34+,35-,36-,37-,38-,39+,40-,41+,42+,43+,44+,45-,46-,47?,48-,49-,50+,51+,52-,53-,54-/m0/s1. The lowest BCUT2D eigenvalue weighted by molar-refractivity contribution is -0.386. The molecule has 562 valence electrons. The lowest BCUT2D eigenvalue weighted by Gasteiger charge is -2.50. The van der Waals surface area contributed by atoms with Gasteiger partial charge in [-0.3, -0.25) is 14.4 Å². The van der Waals surface area contributed by atoms with E-state index < -0.39 is 309 Å². The molecule has 0 bridgehead atoms. The Morgan fingerprint density at radius 3 is 1.10 bits per heavy atom. The molecule has 97 heavy (non-hydrogen) atoms. The first kappa shape index (κ1) is 79.6. The minimum Gasteiger partial charge on any atom is -0.394 e. The van der Waals surface area contributed by atoms with Gasteiger partial charge in [0, 0.05) is 20.8 Å². The summed E-state index contributed by atoms with van der Waals surface area (Å²) >= 11 is 0. The molecular formula is C54H91N3O40. The van der Waals surface area contributed by atoms with Crippen LogP contribution in [0.3, 0.4) is 0 Å². The highest BCUT2D eigenvalue weighted by molar-refractivity contribution is 5.74. The van der Waals surface area contributed by atoms with Crippen LogP contribution in [-0.4, -0.2) is 422 Å². The van der Waals surface area contributed by atoms with E-state index in [9.17, 15) is 127 Å². The fraction of sp³-hybridized carbons (Fsp3) is 0.944. The Balaban J connectivity index is 0.973. The molecule has 8 saturated heterocycles. The maximum Gasteiger partial charge on any atom is 0.217 e. The number of carbonyl (C=O) groups is 3. The van der Waals surface area contributed by atoms with Crippen LogP contribution in [0.15, 0.2) is 0 Å². The number of ether oxygens (including phenoxy) is 15. The van der Waals surface area contributed by atoms with E-state index in [0.29, 0.717) is 0 Å². The van der Waals surface area contributed by atoms with Crippen LogP contribution in [0.5, 0.6) is 0 Å². The fourth-order valence-electron chi connectivity index (χ4n) is 12.4. The van der Waals surface area contributed by atoms with Crippen molar-refractivity contribution in [2.24, 2.45) is 0 Å². The Hall–Kier alpha value is -3.07. The van der Waals surface area contributed by atoms with E-state index in [1.807, 2.05) is 0 Å². The van der Waals surface area contributed by atoms with Crippen LogP contribution >= 0.6 is 0 Å². The van der Waals surface area contributed by atoms with E-state index in [2.05, 4.69) is 16.0 Å². The summed E-state index contributed by atoms with van der Waals surface area (Å²) in [6.07, 6.45) is -71.0. The first-order valence-electron chi connectivity index (χ1n) is 31.0. The van der Waals surface area contributed by atoms with Crippen molar-refractivity contribution in [3.63, 3.8) is 0 Å². The quantitative estimate of drug-likeness (QED) is 0.0427. The Bertz CT molecular complexity index is 2490. The molecule has 43 nitrogen and oxygen atoms in total. The van der Waals surface area contributed by atoms with Gasteiger partial charge < -0.3 is 199 Å². The molecular weight excluding hydrogens is 1330 g/mol. The van der Waals surface area contributed by atoms with Crippen molar-refractivity contribution in [1.29, 1.82) is 0 Å². The van der Waals surface area contributed by atoms with E-state index in [1.165, 1.54) is 6.92 Å². The van der Waals surface area contributed by atoms with Gasteiger partial charge >= 0.3 is 0 Å². The zero-order valence-corrected chi connectivity index (χ0v) is 52.2. The van der Waals surface area contributed by atoms with Gasteiger partial charge in [-0.1, -0.05) is 0 Å². The summed E-state index contributed by atoms with van der Waals surface area (Å²) < 4.78 is 86.9. The van der Waals surface area contributed by atoms with Crippen LogP contribution in [0.4, 0.5) is 0 Å². The molecule has 1 unspecified atom stereocenters. The molecule has 0 aliphatic carbocycles. The summed E-state index contributed by atoms with van der Waals surface area (Å²) in [6.45, 7) is -2.54. The summed E-state index contributed by atoms with van der Waals surface area (Å²) in [4.78, 5) is 37.8. The van der Waals surface area contributed by atoms with E-state index in [-0.39, 0.29) is 0 Å². The first-order chi connectivity index (χ1) is 45.8. The molecule has 25 N–H and O–H groups in total. The molecule has 43 heteroatoms. The zero-order chi connectivity index (χ0) is 71.5. The molecule has 0 radical (unpaired) electrons. The third-order valence-electron chi connectivity index (χ3n) is 17.8. The first-order valence-corrected chi connectivity index (χ1v) is 31.0. The van der Waals surface area contributed by atoms with Crippen molar-refractivity contribution in [1.82, 2.24) is 16.0 Å². The van der Waals surface area contributed by atoms with Gasteiger partial charge in [0.15, 0.2) is 50.3 Å². The van der Waals surface area contributed by atoms with Crippen molar-refractivity contribution in [2.45, 2.75) is 273 Å². The van der Waals surface area contributed by atoms with Crippen LogP contribution in [0.2, 0.25) is 0 Å². The molecule has 3 amide bonds. The Morgan fingerprint density at radius 2 is 0.619 bits per heavy atom. The van der Waals surface area contributed by atoms with Crippen molar-refractivity contribution in [3.8, 4) is 0 Å². The summed E-state index contributed by atoms with van der Waals surface area (Å²) in [5, 5.41) is 247. The zero-order valence-electron chi connectivity index (χ0n) is 52.2. The molecule has 40 atom stereocenters. The van der Waals surface area contributed by atoms with Crippen LogP contribution in [0.1, 0.15) is 27.7 Å². The highest BCUT2D eigenvalue weighted by atomic mass is 16.8. The van der Waals surface area contributed by atoms with Crippen molar-refractivity contribution in [2.75, 3.05) is 46.2 Å². The molecule has 0 aromatic rings. The van der Waals surface area contributed by atoms with E-state index in [0.717, 1.165) is 20.8 Å². The van der Waals surface area contributed by atoms with Crippen molar-refractivity contribution >= 4 is 17.7 Å². The average Bonchev–Trinajstić information content (AvgIpc) is 0.778. The van der Waals surface area contributed by atoms with Crippen LogP contribution in [0, 0.1) is 0 Å². The van der Waals surface area contributed by atoms with E-state index in [4.69, 9.17) is 71.1 Å². The molecule has 8 rings (SSSR count). The Kier molecular flexibility index (Phi) is 28.3. The molecule has 8 aliphatic heterocycles. The number of aliphatic hydroxyl groups excluding tert-OH is 22. The van der Waals surface area contributed by atoms with Gasteiger partial charge in [-0.15, -0.1) is 0 Å². The third-order valence-corrected chi connectivity index (χ3v) is 17.8. The number of hydrogen-bond acceptors (Lipinski definition) is 40. The second-order valence-electron chi connectivity index (χ2n) is 24.6. The van der Waals surface area contributed by atoms with Crippen LogP contribution in [-0.2, 0) is 85.4 Å². The minimum atomic E-state index is -2.25. The highest BCUT2D eigenvalue weighted by Gasteiger charge is 2.59. The molecule has 0 aromatic carbocycles. The number of aliphatic hydroxyl groups is 22. The molecule has 0 aromatic heterocycles. The third kappa shape index (κ3) is 17.6. The van der Waals surface area contributed by atoms with Gasteiger partial charge in [0.05, 0.1) is 52.4 Å². The van der Waals surface area contributed by atoms with Gasteiger partial charge in [0.25, 0.3) is 0 Å². The monoisotopic (exact) mass is 1420 g/mol. The summed E-state index contributed by atoms with van der Waals surface area (Å²) in [5.41, 5.74) is 0. The van der Waals surface area contributed by atoms with Crippen LogP contribution in [0.25, 0.3) is 0 Å². The minimum absolute atomic E-state index is 0.756. The topological polar surface area (TPSA) is 671 Å². The highest BCUT2D eigenvalue weighted by Crippen LogP contribution is 2.38. The molecule has 8 fully saturated rings. The Labute approximate surface area is 549 Å². The largest absolute Gasteiger partial charge is 0.394 e. The predicted octanol–water partition coefficient (Wildman–Crippen LogP) is -17.0. The lowest BCUT2D eigenvalue weighted by Crippen LogP contribution is -2.70. The second kappa shape index (κ2) is 34.5. The predicted molar refractivity (Wildman–Crippen MR) is 298 cm³/mol. The fourth-order valence-corrected chi connectivity index (χ4v) is 12.4. The summed E-state index contributed by atoms with van der Waals surface area (Å²) in [5.74, 6) is -2.55. The summed E-state index contributed by atoms with van der Waals surface area (Å²) in [6, 6.07) is -5.33. The second-order valence-corrected chi connectivity index (χ2v) is 24.6. The average molecular weight is 1420 g/mol. The number of carbonyl (C=O) groups excluding carboxylic acids is 3. The van der Waals surface area contributed by atoms with Gasteiger partial charge in [-0.2, -0.15) is 0 Å². The summed E-state index contributed by atoms with van der Waals surface area (Å²) in [7, 11) is 0. The van der Waals surface area contributed by atoms with Crippen molar-refractivity contribution < 1.29 is 198 Å². The number of amides is 3. The molecule has 8 heterocycles. The van der Waals surface area contributed by atoms with Gasteiger partial charge in [0.1, 0.15) is 189 Å². The normalized spacial score (nSPS) is 49.9. The van der Waals surface area contributed by atoms with Crippen molar-refractivity contribution in [3.05, 3.63) is 0 Å². The Morgan fingerprint density at radius 1 is 0.289 bits per heavy atom. The number of nitrogens with one attached hydrogen (secondary N) is 3. The van der Waals surface area contributed by atoms with Gasteiger partial charge in [0.2, 0.25) is 17.7 Å². The molecule has 8 aliphatic rings. The van der Waals surface area contributed by atoms with E-state index in [1.54, 1.807) is 0 Å². The lowest BCUT2D eigenvalue weighted by atomic mass is 9.94. The number of hydrogen-bond donors (Lipinski definition) is 25. The SMILES string of the molecule is CC(=O)N[C@H]1[C@H](O[C@H]2[C@H](O)[C@@H](NC(C)=O)C(O)O[C@@H]2CO[C@@H]2O[C@@H](C)[C@@H](O)[C@@H](O)[C@@H]2O)O[C@H](CO)[C@@H](O[C@@H]2O[C@H](CO[C@H]3O[C@H](CO)[C@@H](O)[C@H](O)[C@@H]3O[C@@H]3O[C@H](CO)[C@@H](O[C@@H]4O[C@H](CO)[C@H](O)[C@H](O[C@H]5O[C@H](CO)[C@H](O)[C@H](O)[C@H]5O)[C@H]4O)[C@H](O)[C@H]3NC(C)=O)[C@@H](O)[C@H](O)[C@@H]2O)[C@@H]1O. The maximum absolute atomic E-state index is 12.8. The molecule has 0 spiro atoms. The smallest absolute Gasteiger partial charge is 0.217 e. The molecule has 0 saturated carbocycles. The van der Waals surface area contributed by atoms with Gasteiger partial charge in [-0.25, -0.2) is 0 Å².